The molecule has 5 rings (SSSR count). The van der Waals surface area contributed by atoms with Crippen molar-refractivity contribution in [3.63, 3.8) is 0 Å². The molecule has 1 fully saturated rings. The van der Waals surface area contributed by atoms with Crippen LogP contribution in [0.15, 0.2) is 60.8 Å². The van der Waals surface area contributed by atoms with Gasteiger partial charge in [-0.3, -0.25) is 9.78 Å². The number of benzene rings is 2. The van der Waals surface area contributed by atoms with Crippen LogP contribution in [0.1, 0.15) is 24.2 Å². The molecule has 8 heteroatoms. The zero-order valence-corrected chi connectivity index (χ0v) is 20.1. The molecule has 34 heavy (non-hydrogen) atoms. The number of ether oxygens (including phenoxy) is 2. The first-order valence-corrected chi connectivity index (χ1v) is 12.0. The summed E-state index contributed by atoms with van der Waals surface area (Å²) >= 11 is 1.48. The van der Waals surface area contributed by atoms with Gasteiger partial charge in [0.15, 0.2) is 0 Å². The average Bonchev–Trinajstić information content (AvgIpc) is 3.27. The molecule has 0 radical (unpaired) electrons. The summed E-state index contributed by atoms with van der Waals surface area (Å²) in [6, 6.07) is 16.9. The number of hydrogen-bond donors (Lipinski definition) is 1. The van der Waals surface area contributed by atoms with Gasteiger partial charge < -0.3 is 19.7 Å². The summed E-state index contributed by atoms with van der Waals surface area (Å²) in [6.45, 7) is 5.85. The number of aromatic nitrogens is 2. The lowest BCUT2D eigenvalue weighted by Gasteiger charge is -2.35. The topological polar surface area (TPSA) is 76.6 Å². The number of hydrogen-bond acceptors (Lipinski definition) is 7. The maximum absolute atomic E-state index is 12.6. The van der Waals surface area contributed by atoms with Gasteiger partial charge in [0, 0.05) is 30.4 Å². The first-order valence-electron chi connectivity index (χ1n) is 11.2. The number of fused-ring (bicyclic) bond motifs is 1. The Hall–Kier alpha value is -3.49. The van der Waals surface area contributed by atoms with E-state index in [2.05, 4.69) is 28.4 Å². The quantitative estimate of drug-likeness (QED) is 0.427. The minimum absolute atomic E-state index is 0.175. The maximum atomic E-state index is 12.6. The Morgan fingerprint density at radius 1 is 1.09 bits per heavy atom. The van der Waals surface area contributed by atoms with Gasteiger partial charge in [0.05, 0.1) is 25.0 Å². The molecule has 1 aliphatic heterocycles. The van der Waals surface area contributed by atoms with Gasteiger partial charge in [0.1, 0.15) is 21.8 Å². The van der Waals surface area contributed by atoms with Gasteiger partial charge in [-0.2, -0.15) is 4.37 Å². The van der Waals surface area contributed by atoms with Crippen LogP contribution in [-0.4, -0.2) is 47.7 Å². The molecule has 1 aliphatic rings. The predicted octanol–water partition coefficient (Wildman–Crippen LogP) is 5.23. The highest BCUT2D eigenvalue weighted by atomic mass is 32.1. The summed E-state index contributed by atoms with van der Waals surface area (Å²) in [4.78, 5) is 19.6. The van der Waals surface area contributed by atoms with Crippen LogP contribution in [-0.2, 0) is 4.74 Å². The minimum Gasteiger partial charge on any atom is -0.495 e. The lowest BCUT2D eigenvalue weighted by atomic mass is 10.1. The maximum Gasteiger partial charge on any atom is 0.255 e. The number of carbonyl (C=O) groups excluding carboxylic acids is 1. The summed E-state index contributed by atoms with van der Waals surface area (Å²) in [5, 5.41) is 4.01. The van der Waals surface area contributed by atoms with Crippen LogP contribution in [0.3, 0.4) is 0 Å². The molecule has 0 saturated carbocycles. The van der Waals surface area contributed by atoms with Crippen LogP contribution >= 0.6 is 11.5 Å². The Labute approximate surface area is 202 Å². The fourth-order valence-electron chi connectivity index (χ4n) is 4.29. The molecule has 2 aromatic carbocycles. The van der Waals surface area contributed by atoms with E-state index >= 15 is 0 Å². The monoisotopic (exact) mass is 474 g/mol. The second-order valence-electron chi connectivity index (χ2n) is 8.48. The zero-order valence-electron chi connectivity index (χ0n) is 19.3. The molecule has 4 aromatic rings. The lowest BCUT2D eigenvalue weighted by Crippen LogP contribution is -2.45. The van der Waals surface area contributed by atoms with Gasteiger partial charge in [-0.05, 0) is 61.3 Å². The largest absolute Gasteiger partial charge is 0.495 e. The van der Waals surface area contributed by atoms with Crippen LogP contribution in [0.2, 0.25) is 0 Å². The van der Waals surface area contributed by atoms with Crippen LogP contribution in [0, 0.1) is 0 Å². The van der Waals surface area contributed by atoms with Gasteiger partial charge in [0.2, 0.25) is 0 Å². The molecule has 174 valence electrons. The fraction of sp³-hybridized carbons (Fsp3) is 0.269. The number of amides is 1. The van der Waals surface area contributed by atoms with Crippen LogP contribution < -0.4 is 15.0 Å². The number of rotatable bonds is 5. The van der Waals surface area contributed by atoms with E-state index in [0.29, 0.717) is 17.0 Å². The van der Waals surface area contributed by atoms with E-state index in [0.717, 1.165) is 40.3 Å². The third-order valence-corrected chi connectivity index (χ3v) is 6.74. The van der Waals surface area contributed by atoms with E-state index in [1.54, 1.807) is 19.2 Å². The van der Waals surface area contributed by atoms with Gasteiger partial charge in [0.25, 0.3) is 5.91 Å². The molecule has 0 aliphatic carbocycles. The molecule has 7 nitrogen and oxygen atoms in total. The Balaban J connectivity index is 1.40. The van der Waals surface area contributed by atoms with Crippen LogP contribution in [0.4, 0.5) is 10.7 Å². The summed E-state index contributed by atoms with van der Waals surface area (Å²) in [6.07, 6.45) is 2.21. The van der Waals surface area contributed by atoms with E-state index in [4.69, 9.17) is 14.5 Å². The normalized spacial score (nSPS) is 18.1. The lowest BCUT2D eigenvalue weighted by molar-refractivity contribution is -0.00494. The Kier molecular flexibility index (Phi) is 6.17. The second kappa shape index (κ2) is 9.40. The zero-order chi connectivity index (χ0) is 23.7. The van der Waals surface area contributed by atoms with Crippen molar-refractivity contribution in [3.05, 3.63) is 66.4 Å². The summed E-state index contributed by atoms with van der Waals surface area (Å²) in [7, 11) is 1.59. The van der Waals surface area contributed by atoms with Crippen LogP contribution in [0.25, 0.3) is 22.2 Å². The number of anilines is 2. The first-order chi connectivity index (χ1) is 16.5. The molecule has 1 saturated heterocycles. The van der Waals surface area contributed by atoms with Gasteiger partial charge in [-0.1, -0.05) is 24.3 Å². The molecular weight excluding hydrogens is 448 g/mol. The number of nitrogens with zero attached hydrogens (tertiary/aromatic N) is 3. The van der Waals surface area contributed by atoms with E-state index < -0.39 is 0 Å². The van der Waals surface area contributed by atoms with E-state index in [1.807, 2.05) is 48.7 Å². The molecule has 2 atom stereocenters. The SMILES string of the molecule is COc1cc(-c2cnc3c(N4C[C@@H](C)O[C@@H](C)C4)snc3c2)ccc1NC(=O)c1ccccc1. The molecule has 1 amide bonds. The molecule has 1 N–H and O–H groups in total. The van der Waals surface area contributed by atoms with Crippen molar-refractivity contribution in [2.75, 3.05) is 30.4 Å². The smallest absolute Gasteiger partial charge is 0.255 e. The van der Waals surface area contributed by atoms with Crippen LogP contribution in [0.5, 0.6) is 5.75 Å². The Bertz CT molecular complexity index is 1310. The van der Waals surface area contributed by atoms with Gasteiger partial charge >= 0.3 is 0 Å². The van der Waals surface area contributed by atoms with Gasteiger partial charge in [-0.25, -0.2) is 0 Å². The Morgan fingerprint density at radius 2 is 1.85 bits per heavy atom. The fourth-order valence-corrected chi connectivity index (χ4v) is 5.12. The molecule has 2 aromatic heterocycles. The number of methoxy groups -OCH3 is 1. The summed E-state index contributed by atoms with van der Waals surface area (Å²) < 4.78 is 16.1. The number of pyridine rings is 1. The van der Waals surface area contributed by atoms with Crippen molar-refractivity contribution in [2.24, 2.45) is 0 Å². The van der Waals surface area contributed by atoms with Crippen molar-refractivity contribution in [3.8, 4) is 16.9 Å². The second-order valence-corrected chi connectivity index (χ2v) is 9.23. The number of nitrogens with one attached hydrogen (secondary N) is 1. The van der Waals surface area contributed by atoms with Crippen molar-refractivity contribution in [1.82, 2.24) is 9.36 Å². The number of carbonyl (C=O) groups is 1. The van der Waals surface area contributed by atoms with Crippen molar-refractivity contribution >= 4 is 39.2 Å². The standard InChI is InChI=1S/C26H26N4O3S/c1-16-14-30(15-17(2)33-16)26-24-22(29-34-26)11-20(13-27-24)19-9-10-21(23(12-19)32-3)28-25(31)18-7-5-4-6-8-18/h4-13,16-17H,14-15H2,1-3H3,(H,28,31)/t16-,17+. The molecule has 0 spiro atoms. The summed E-state index contributed by atoms with van der Waals surface area (Å²) in [5.41, 5.74) is 4.85. The third kappa shape index (κ3) is 4.47. The van der Waals surface area contributed by atoms with E-state index in [-0.39, 0.29) is 18.1 Å². The first kappa shape index (κ1) is 22.3. The highest BCUT2D eigenvalue weighted by Gasteiger charge is 2.25. The van der Waals surface area contributed by atoms with Crippen molar-refractivity contribution in [1.29, 1.82) is 0 Å². The van der Waals surface area contributed by atoms with Crippen molar-refractivity contribution in [2.45, 2.75) is 26.1 Å². The average molecular weight is 475 g/mol. The highest BCUT2D eigenvalue weighted by Crippen LogP contribution is 2.35. The minimum atomic E-state index is -0.184. The molecule has 3 heterocycles. The summed E-state index contributed by atoms with van der Waals surface area (Å²) in [5.74, 6) is 0.397. The molecule has 0 bridgehead atoms. The molecular formula is C26H26N4O3S. The van der Waals surface area contributed by atoms with E-state index in [9.17, 15) is 4.79 Å². The highest BCUT2D eigenvalue weighted by molar-refractivity contribution is 7.11. The Morgan fingerprint density at radius 3 is 2.59 bits per heavy atom. The third-order valence-electron chi connectivity index (χ3n) is 5.83. The van der Waals surface area contributed by atoms with Gasteiger partial charge in [-0.15, -0.1) is 0 Å². The van der Waals surface area contributed by atoms with E-state index in [1.165, 1.54) is 11.5 Å². The predicted molar refractivity (Wildman–Crippen MR) is 136 cm³/mol. The molecule has 0 unspecified atom stereocenters. The number of morpholine rings is 1. The van der Waals surface area contributed by atoms with Crippen molar-refractivity contribution < 1.29 is 14.3 Å².